The summed E-state index contributed by atoms with van der Waals surface area (Å²) in [6, 6.07) is 2.85. The van der Waals surface area contributed by atoms with Crippen molar-refractivity contribution in [1.29, 1.82) is 0 Å². The van der Waals surface area contributed by atoms with Crippen molar-refractivity contribution >= 4 is 5.69 Å². The fourth-order valence-electron chi connectivity index (χ4n) is 1.64. The molecule has 0 aliphatic heterocycles. The first kappa shape index (κ1) is 13.4. The lowest BCUT2D eigenvalue weighted by molar-refractivity contribution is 0.409. The summed E-state index contributed by atoms with van der Waals surface area (Å²) in [6.45, 7) is 1.59. The van der Waals surface area contributed by atoms with Gasteiger partial charge in [0.25, 0.3) is 11.9 Å². The van der Waals surface area contributed by atoms with Crippen LogP contribution in [0.25, 0.3) is 0 Å². The molecule has 0 bridgehead atoms. The largest absolute Gasteiger partial charge is 0.469 e. The van der Waals surface area contributed by atoms with Crippen molar-refractivity contribution in [2.45, 2.75) is 19.4 Å². The Morgan fingerprint density at radius 1 is 1.21 bits per heavy atom. The minimum absolute atomic E-state index is 0.303. The van der Waals surface area contributed by atoms with Crippen molar-refractivity contribution in [2.24, 2.45) is 0 Å². The molecule has 3 nitrogen and oxygen atoms in total. The van der Waals surface area contributed by atoms with Crippen LogP contribution < -0.4 is 5.32 Å². The monoisotopic (exact) mass is 274 g/mol. The number of rotatable bonds is 4. The number of anilines is 1. The van der Waals surface area contributed by atoms with Gasteiger partial charge in [-0.2, -0.15) is 22.5 Å². The van der Waals surface area contributed by atoms with E-state index in [0.29, 0.717) is 12.2 Å². The Hall–Kier alpha value is -2.05. The molecule has 0 aliphatic carbocycles. The molecule has 0 radical (unpaired) electrons. The lowest BCUT2D eigenvalue weighted by Gasteiger charge is -2.15. The zero-order valence-electron chi connectivity index (χ0n) is 9.88. The molecule has 2 rings (SSSR count). The molecule has 0 saturated heterocycles. The maximum atomic E-state index is 13.4. The zero-order chi connectivity index (χ0) is 14.0. The van der Waals surface area contributed by atoms with Crippen molar-refractivity contribution in [3.05, 3.63) is 47.7 Å². The smallest absolute Gasteiger partial charge is 0.253 e. The molecule has 19 heavy (non-hydrogen) atoms. The van der Waals surface area contributed by atoms with Gasteiger partial charge in [0.1, 0.15) is 11.4 Å². The molecular formula is C12H10F4N2O. The fraction of sp³-hybridized carbons (Fsp3) is 0.250. The van der Waals surface area contributed by atoms with E-state index in [4.69, 9.17) is 4.42 Å². The number of furan rings is 1. The van der Waals surface area contributed by atoms with Crippen LogP contribution in [-0.4, -0.2) is 11.0 Å². The third-order valence-corrected chi connectivity index (χ3v) is 2.48. The Morgan fingerprint density at radius 3 is 2.37 bits per heavy atom. The summed E-state index contributed by atoms with van der Waals surface area (Å²) in [4.78, 5) is 2.47. The van der Waals surface area contributed by atoms with E-state index in [9.17, 15) is 17.6 Å². The van der Waals surface area contributed by atoms with E-state index in [2.05, 4.69) is 10.3 Å². The van der Waals surface area contributed by atoms with Gasteiger partial charge in [-0.15, -0.1) is 0 Å². The molecule has 7 heteroatoms. The number of aromatic nitrogens is 1. The average molecular weight is 274 g/mol. The molecule has 1 unspecified atom stereocenters. The topological polar surface area (TPSA) is 38.1 Å². The van der Waals surface area contributed by atoms with Crippen molar-refractivity contribution in [2.75, 3.05) is 5.32 Å². The van der Waals surface area contributed by atoms with Gasteiger partial charge in [0.15, 0.2) is 0 Å². The highest BCUT2D eigenvalue weighted by Crippen LogP contribution is 2.23. The van der Waals surface area contributed by atoms with Crippen LogP contribution in [0.1, 0.15) is 12.7 Å². The average Bonchev–Trinajstić information content (AvgIpc) is 2.85. The lowest BCUT2D eigenvalue weighted by atomic mass is 10.2. The summed E-state index contributed by atoms with van der Waals surface area (Å²) in [7, 11) is 0. The number of nitrogens with zero attached hydrogens (tertiary/aromatic N) is 1. The number of hydrogen-bond donors (Lipinski definition) is 1. The first-order valence-electron chi connectivity index (χ1n) is 5.48. The third-order valence-electron chi connectivity index (χ3n) is 2.48. The molecule has 0 aromatic carbocycles. The molecule has 0 aliphatic rings. The van der Waals surface area contributed by atoms with E-state index in [1.165, 1.54) is 6.26 Å². The number of hydrogen-bond acceptors (Lipinski definition) is 3. The van der Waals surface area contributed by atoms with Crippen molar-refractivity contribution in [1.82, 2.24) is 4.98 Å². The van der Waals surface area contributed by atoms with Gasteiger partial charge in [-0.3, -0.25) is 0 Å². The number of nitrogens with one attached hydrogen (secondary N) is 1. The second-order valence-corrected chi connectivity index (χ2v) is 4.03. The molecule has 102 valence electrons. The van der Waals surface area contributed by atoms with Gasteiger partial charge in [0, 0.05) is 12.5 Å². The van der Waals surface area contributed by atoms with Crippen molar-refractivity contribution in [3.63, 3.8) is 0 Å². The van der Waals surface area contributed by atoms with Gasteiger partial charge < -0.3 is 9.73 Å². The van der Waals surface area contributed by atoms with Gasteiger partial charge in [0.05, 0.1) is 6.26 Å². The minimum atomic E-state index is -1.69. The normalized spacial score (nSPS) is 12.5. The Labute approximate surface area is 106 Å². The summed E-state index contributed by atoms with van der Waals surface area (Å²) in [6.07, 6.45) is 1.76. The standard InChI is InChI=1S/C12H10F4N2O/c1-6(5-7-3-2-4-19-7)17-10-8(13)11(15)18-12(16)9(10)14/h2-4,6H,5H2,1H3,(H,17,18). The number of halogens is 4. The van der Waals surface area contributed by atoms with E-state index < -0.39 is 35.3 Å². The fourth-order valence-corrected chi connectivity index (χ4v) is 1.64. The molecule has 1 atom stereocenters. The van der Waals surface area contributed by atoms with E-state index in [0.717, 1.165) is 0 Å². The summed E-state index contributed by atoms with van der Waals surface area (Å²) in [5.41, 5.74) is -0.871. The Balaban J connectivity index is 2.19. The van der Waals surface area contributed by atoms with Crippen LogP contribution >= 0.6 is 0 Å². The summed E-state index contributed by atoms with van der Waals surface area (Å²) in [5.74, 6) is -5.90. The molecule has 1 N–H and O–H groups in total. The van der Waals surface area contributed by atoms with E-state index >= 15 is 0 Å². The van der Waals surface area contributed by atoms with Gasteiger partial charge in [-0.25, -0.2) is 0 Å². The highest BCUT2D eigenvalue weighted by molar-refractivity contribution is 5.46. The summed E-state index contributed by atoms with van der Waals surface area (Å²) >= 11 is 0. The molecule has 0 spiro atoms. The molecule has 0 fully saturated rings. The maximum Gasteiger partial charge on any atom is 0.253 e. The van der Waals surface area contributed by atoms with E-state index in [-0.39, 0.29) is 0 Å². The highest BCUT2D eigenvalue weighted by Gasteiger charge is 2.22. The van der Waals surface area contributed by atoms with Gasteiger partial charge in [-0.1, -0.05) is 0 Å². The van der Waals surface area contributed by atoms with E-state index in [1.54, 1.807) is 19.1 Å². The van der Waals surface area contributed by atoms with Crippen LogP contribution in [0.2, 0.25) is 0 Å². The first-order valence-corrected chi connectivity index (χ1v) is 5.48. The van der Waals surface area contributed by atoms with Crippen LogP contribution in [0, 0.1) is 23.5 Å². The Morgan fingerprint density at radius 2 is 1.84 bits per heavy atom. The van der Waals surface area contributed by atoms with Gasteiger partial charge in [0.2, 0.25) is 11.6 Å². The zero-order valence-corrected chi connectivity index (χ0v) is 9.88. The molecule has 0 amide bonds. The third kappa shape index (κ3) is 2.86. The lowest BCUT2D eigenvalue weighted by Crippen LogP contribution is -2.21. The van der Waals surface area contributed by atoms with Crippen LogP contribution in [0.5, 0.6) is 0 Å². The van der Waals surface area contributed by atoms with E-state index in [1.807, 2.05) is 0 Å². The Bertz CT molecular complexity index is 545. The van der Waals surface area contributed by atoms with Crippen molar-refractivity contribution < 1.29 is 22.0 Å². The van der Waals surface area contributed by atoms with Gasteiger partial charge >= 0.3 is 0 Å². The predicted molar refractivity (Wildman–Crippen MR) is 59.6 cm³/mol. The van der Waals surface area contributed by atoms with Crippen LogP contribution in [0.3, 0.4) is 0 Å². The van der Waals surface area contributed by atoms with Gasteiger partial charge in [-0.05, 0) is 19.1 Å². The second kappa shape index (κ2) is 5.29. The summed E-state index contributed by atoms with van der Waals surface area (Å²) < 4.78 is 57.6. The van der Waals surface area contributed by atoms with Crippen LogP contribution in [0.15, 0.2) is 22.8 Å². The number of pyridine rings is 1. The maximum absolute atomic E-state index is 13.4. The summed E-state index contributed by atoms with van der Waals surface area (Å²) in [5, 5.41) is 2.37. The molecule has 2 aromatic rings. The predicted octanol–water partition coefficient (Wildman–Crippen LogP) is 3.27. The highest BCUT2D eigenvalue weighted by atomic mass is 19.2. The quantitative estimate of drug-likeness (QED) is 0.687. The molecule has 2 aromatic heterocycles. The second-order valence-electron chi connectivity index (χ2n) is 4.03. The Kier molecular flexibility index (Phi) is 3.73. The molecular weight excluding hydrogens is 264 g/mol. The first-order chi connectivity index (χ1) is 8.99. The van der Waals surface area contributed by atoms with Crippen molar-refractivity contribution in [3.8, 4) is 0 Å². The SMILES string of the molecule is CC(Cc1ccco1)Nc1c(F)c(F)nc(F)c1F. The molecule has 2 heterocycles. The van der Waals surface area contributed by atoms with Crippen LogP contribution in [0.4, 0.5) is 23.2 Å². The van der Waals surface area contributed by atoms with Crippen LogP contribution in [-0.2, 0) is 6.42 Å². The molecule has 0 saturated carbocycles. The minimum Gasteiger partial charge on any atom is -0.469 e.